The lowest BCUT2D eigenvalue weighted by Gasteiger charge is -2.33. The Morgan fingerprint density at radius 1 is 1.53 bits per heavy atom. The van der Waals surface area contributed by atoms with E-state index in [4.69, 9.17) is 14.3 Å². The minimum absolute atomic E-state index is 0.0621. The Morgan fingerprint density at radius 3 is 2.71 bits per heavy atom. The normalized spacial score (nSPS) is 20.1. The molecule has 5 heteroatoms. The summed E-state index contributed by atoms with van der Waals surface area (Å²) in [5, 5.41) is 8.69. The quantitative estimate of drug-likeness (QED) is 0.877. The van der Waals surface area contributed by atoms with Crippen molar-refractivity contribution in [1.29, 1.82) is 0 Å². The zero-order valence-corrected chi connectivity index (χ0v) is 10.1. The van der Waals surface area contributed by atoms with Crippen molar-refractivity contribution in [2.75, 3.05) is 0 Å². The summed E-state index contributed by atoms with van der Waals surface area (Å²) >= 11 is 0. The first-order valence-electron chi connectivity index (χ1n) is 5.82. The molecule has 0 aromatic carbocycles. The van der Waals surface area contributed by atoms with E-state index < -0.39 is 5.97 Å². The van der Waals surface area contributed by atoms with Crippen molar-refractivity contribution in [3.8, 4) is 6.08 Å². The topological polar surface area (TPSA) is 72.6 Å². The van der Waals surface area contributed by atoms with Gasteiger partial charge in [-0.05, 0) is 31.1 Å². The van der Waals surface area contributed by atoms with Gasteiger partial charge >= 0.3 is 12.0 Å². The van der Waals surface area contributed by atoms with Gasteiger partial charge in [0.25, 0.3) is 0 Å². The predicted octanol–water partition coefficient (Wildman–Crippen LogP) is 2.72. The number of aromatic nitrogens is 1. The van der Waals surface area contributed by atoms with E-state index in [0.717, 1.165) is 31.9 Å². The second-order valence-corrected chi connectivity index (χ2v) is 5.29. The number of carboxylic acids is 1. The van der Waals surface area contributed by atoms with Crippen LogP contribution < -0.4 is 4.74 Å². The van der Waals surface area contributed by atoms with Crippen molar-refractivity contribution in [3.63, 3.8) is 0 Å². The van der Waals surface area contributed by atoms with E-state index in [9.17, 15) is 4.79 Å². The number of aromatic carboxylic acids is 1. The minimum Gasteiger partial charge on any atom is -0.476 e. The molecule has 0 saturated heterocycles. The van der Waals surface area contributed by atoms with Crippen LogP contribution in [0.5, 0.6) is 6.08 Å². The van der Waals surface area contributed by atoms with E-state index in [1.807, 2.05) is 0 Å². The van der Waals surface area contributed by atoms with Crippen LogP contribution in [0, 0.1) is 5.41 Å². The maximum Gasteiger partial charge on any atom is 0.394 e. The minimum atomic E-state index is -1.10. The molecule has 1 fully saturated rings. The Hall–Kier alpha value is -1.52. The van der Waals surface area contributed by atoms with Gasteiger partial charge in [-0.1, -0.05) is 13.8 Å². The molecular formula is C12H17NO4. The molecule has 2 rings (SSSR count). The number of nitrogens with zero attached hydrogens (tertiary/aromatic N) is 1. The molecule has 1 N–H and O–H groups in total. The summed E-state index contributed by atoms with van der Waals surface area (Å²) in [6.07, 6.45) is 5.37. The van der Waals surface area contributed by atoms with Crippen LogP contribution in [0.1, 0.15) is 50.0 Å². The number of ether oxygens (including phenoxy) is 1. The van der Waals surface area contributed by atoms with Gasteiger partial charge in [-0.15, -0.1) is 0 Å². The summed E-state index contributed by atoms with van der Waals surface area (Å²) < 4.78 is 10.5. The van der Waals surface area contributed by atoms with Crippen molar-refractivity contribution in [2.24, 2.45) is 5.41 Å². The molecule has 1 aliphatic rings. The third-order valence-electron chi connectivity index (χ3n) is 3.26. The van der Waals surface area contributed by atoms with E-state index >= 15 is 0 Å². The van der Waals surface area contributed by atoms with E-state index in [1.165, 1.54) is 0 Å². The number of hydrogen-bond acceptors (Lipinski definition) is 4. The average Bonchev–Trinajstić information content (AvgIpc) is 2.70. The Morgan fingerprint density at radius 2 is 2.18 bits per heavy atom. The molecule has 0 aliphatic heterocycles. The molecule has 5 nitrogen and oxygen atoms in total. The molecule has 17 heavy (non-hydrogen) atoms. The van der Waals surface area contributed by atoms with Gasteiger partial charge in [-0.25, -0.2) is 4.79 Å². The second kappa shape index (κ2) is 4.39. The second-order valence-electron chi connectivity index (χ2n) is 5.29. The highest BCUT2D eigenvalue weighted by Gasteiger charge is 2.28. The van der Waals surface area contributed by atoms with Crippen molar-refractivity contribution in [1.82, 2.24) is 4.98 Å². The van der Waals surface area contributed by atoms with Gasteiger partial charge in [0.15, 0.2) is 5.69 Å². The fraction of sp³-hybridized carbons (Fsp3) is 0.667. The van der Waals surface area contributed by atoms with Crippen molar-refractivity contribution in [3.05, 3.63) is 12.0 Å². The number of carboxylic acid groups (broad SMARTS) is 1. The van der Waals surface area contributed by atoms with Crippen LogP contribution in [-0.4, -0.2) is 22.2 Å². The summed E-state index contributed by atoms with van der Waals surface area (Å²) in [4.78, 5) is 14.4. The lowest BCUT2D eigenvalue weighted by atomic mass is 9.76. The Balaban J connectivity index is 1.91. The molecule has 1 heterocycles. The van der Waals surface area contributed by atoms with Gasteiger partial charge < -0.3 is 14.3 Å². The maximum atomic E-state index is 10.6. The Kier molecular flexibility index (Phi) is 3.09. The fourth-order valence-corrected chi connectivity index (χ4v) is 2.04. The Bertz CT molecular complexity index is 400. The van der Waals surface area contributed by atoms with Crippen molar-refractivity contribution in [2.45, 2.75) is 45.6 Å². The van der Waals surface area contributed by atoms with Crippen molar-refractivity contribution >= 4 is 5.97 Å². The van der Waals surface area contributed by atoms with E-state index in [-0.39, 0.29) is 17.9 Å². The average molecular weight is 239 g/mol. The third kappa shape index (κ3) is 2.99. The standard InChI is InChI=1S/C12H17NO4/c1-12(2)5-3-8(4-6-12)17-11-13-9(7-16-11)10(14)15/h7-8H,3-6H2,1-2H3,(H,14,15). The van der Waals surface area contributed by atoms with Crippen LogP contribution >= 0.6 is 0 Å². The zero-order chi connectivity index (χ0) is 12.5. The fourth-order valence-electron chi connectivity index (χ4n) is 2.04. The van der Waals surface area contributed by atoms with Crippen molar-refractivity contribution < 1.29 is 19.1 Å². The van der Waals surface area contributed by atoms with Crippen LogP contribution in [-0.2, 0) is 0 Å². The molecule has 0 radical (unpaired) electrons. The lowest BCUT2D eigenvalue weighted by molar-refractivity contribution is 0.0682. The lowest BCUT2D eigenvalue weighted by Crippen LogP contribution is -2.28. The highest BCUT2D eigenvalue weighted by molar-refractivity contribution is 5.84. The van der Waals surface area contributed by atoms with Gasteiger partial charge in [-0.2, -0.15) is 4.98 Å². The Labute approximate surface area is 99.8 Å². The monoisotopic (exact) mass is 239 g/mol. The summed E-state index contributed by atoms with van der Waals surface area (Å²) in [6, 6.07) is 0. The third-order valence-corrected chi connectivity index (χ3v) is 3.26. The number of rotatable bonds is 3. The van der Waals surface area contributed by atoms with E-state index in [2.05, 4.69) is 18.8 Å². The van der Waals surface area contributed by atoms with E-state index in [0.29, 0.717) is 5.41 Å². The van der Waals surface area contributed by atoms with Gasteiger partial charge in [0.05, 0.1) is 0 Å². The molecule has 0 bridgehead atoms. The van der Waals surface area contributed by atoms with Gasteiger partial charge in [0.2, 0.25) is 0 Å². The molecule has 1 aromatic rings. The van der Waals surface area contributed by atoms with Gasteiger partial charge in [0.1, 0.15) is 12.4 Å². The van der Waals surface area contributed by atoms with E-state index in [1.54, 1.807) is 0 Å². The van der Waals surface area contributed by atoms with Crippen LogP contribution in [0.3, 0.4) is 0 Å². The highest BCUT2D eigenvalue weighted by atomic mass is 16.6. The zero-order valence-electron chi connectivity index (χ0n) is 10.1. The molecule has 0 atom stereocenters. The molecule has 0 amide bonds. The molecule has 0 unspecified atom stereocenters. The number of oxazole rings is 1. The van der Waals surface area contributed by atoms with Gasteiger partial charge in [0, 0.05) is 0 Å². The van der Waals surface area contributed by atoms with Crippen LogP contribution in [0.4, 0.5) is 0 Å². The summed E-state index contributed by atoms with van der Waals surface area (Å²) in [6.45, 7) is 4.49. The first-order chi connectivity index (χ1) is 7.96. The van der Waals surface area contributed by atoms with Crippen LogP contribution in [0.2, 0.25) is 0 Å². The summed E-state index contributed by atoms with van der Waals surface area (Å²) in [7, 11) is 0. The number of carbonyl (C=O) groups is 1. The van der Waals surface area contributed by atoms with Crippen LogP contribution in [0.15, 0.2) is 10.7 Å². The largest absolute Gasteiger partial charge is 0.476 e. The molecule has 1 aliphatic carbocycles. The summed E-state index contributed by atoms with van der Waals surface area (Å²) in [5.74, 6) is -1.10. The highest BCUT2D eigenvalue weighted by Crippen LogP contribution is 2.36. The molecule has 1 aromatic heterocycles. The smallest absolute Gasteiger partial charge is 0.394 e. The van der Waals surface area contributed by atoms with Crippen LogP contribution in [0.25, 0.3) is 0 Å². The summed E-state index contributed by atoms with van der Waals surface area (Å²) in [5.41, 5.74) is 0.263. The predicted molar refractivity (Wildman–Crippen MR) is 60.1 cm³/mol. The maximum absolute atomic E-state index is 10.6. The molecular weight excluding hydrogens is 222 g/mol. The molecule has 0 spiro atoms. The first kappa shape index (κ1) is 12.0. The van der Waals surface area contributed by atoms with Gasteiger partial charge in [-0.3, -0.25) is 0 Å². The molecule has 1 saturated carbocycles. The molecule has 94 valence electrons. The number of hydrogen-bond donors (Lipinski definition) is 1. The first-order valence-corrected chi connectivity index (χ1v) is 5.82. The SMILES string of the molecule is CC1(C)CCC(Oc2nc(C(=O)O)co2)CC1.